The fraction of sp³-hybridized carbons (Fsp3) is 0.611. The van der Waals surface area contributed by atoms with Crippen molar-refractivity contribution >= 4 is 5.78 Å². The first kappa shape index (κ1) is 12.8. The van der Waals surface area contributed by atoms with E-state index in [9.17, 15) is 15.0 Å². The lowest BCUT2D eigenvalue weighted by Crippen LogP contribution is -2.71. The van der Waals surface area contributed by atoms with E-state index >= 15 is 0 Å². The largest absolute Gasteiger partial charge is 0.504 e. The molecule has 5 aliphatic rings. The summed E-state index contributed by atoms with van der Waals surface area (Å²) in [6.45, 7) is 0.957. The van der Waals surface area contributed by atoms with E-state index in [-0.39, 0.29) is 23.0 Å². The summed E-state index contributed by atoms with van der Waals surface area (Å²) in [5.41, 5.74) is 0.505. The number of phenols is 1. The molecule has 120 valence electrons. The Bertz CT molecular complexity index is 806. The molecule has 0 radical (unpaired) electrons. The van der Waals surface area contributed by atoms with Gasteiger partial charge in [-0.25, -0.2) is 0 Å². The number of hydrogen-bond acceptors (Lipinski definition) is 5. The predicted octanol–water partition coefficient (Wildman–Crippen LogP) is 0.745. The van der Waals surface area contributed by atoms with Gasteiger partial charge in [0.15, 0.2) is 23.4 Å². The number of carbonyl (C=O) groups is 1. The Labute approximate surface area is 133 Å². The molecule has 1 aromatic carbocycles. The van der Waals surface area contributed by atoms with Gasteiger partial charge in [0.05, 0.1) is 11.0 Å². The molecule has 2 saturated carbocycles. The number of Topliss-reactive ketones (excluding diaryl/α,β-unsaturated/α-hetero) is 1. The van der Waals surface area contributed by atoms with Crippen LogP contribution in [0, 0.1) is 5.41 Å². The SMILES string of the molecule is CN1C[C@]23Cc4ccc(O)c5c4[C@@]4(C2)C(O5)C(=O)CC[C@@]4(O)[C@H]13. The minimum atomic E-state index is -0.942. The van der Waals surface area contributed by atoms with Gasteiger partial charge in [0.1, 0.15) is 0 Å². The first-order chi connectivity index (χ1) is 10.9. The van der Waals surface area contributed by atoms with Crippen LogP contribution in [-0.4, -0.2) is 52.2 Å². The van der Waals surface area contributed by atoms with Crippen LogP contribution in [0.3, 0.4) is 0 Å². The Kier molecular flexibility index (Phi) is 1.82. The van der Waals surface area contributed by atoms with Crippen molar-refractivity contribution in [2.24, 2.45) is 5.41 Å². The third-order valence-corrected chi connectivity index (χ3v) is 7.38. The molecule has 5 nitrogen and oxygen atoms in total. The van der Waals surface area contributed by atoms with Gasteiger partial charge in [-0.15, -0.1) is 0 Å². The van der Waals surface area contributed by atoms with Crippen LogP contribution in [0.15, 0.2) is 12.1 Å². The average molecular weight is 313 g/mol. The molecule has 2 aliphatic heterocycles. The summed E-state index contributed by atoms with van der Waals surface area (Å²) in [5.74, 6) is 0.600. The lowest BCUT2D eigenvalue weighted by Gasteiger charge is -2.57. The van der Waals surface area contributed by atoms with Crippen molar-refractivity contribution in [3.8, 4) is 11.5 Å². The smallest absolute Gasteiger partial charge is 0.174 e. The van der Waals surface area contributed by atoms with Crippen molar-refractivity contribution in [3.05, 3.63) is 23.3 Å². The van der Waals surface area contributed by atoms with Gasteiger partial charge < -0.3 is 14.9 Å². The zero-order valence-corrected chi connectivity index (χ0v) is 13.0. The second-order valence-corrected chi connectivity index (χ2v) is 8.34. The monoisotopic (exact) mass is 313 g/mol. The van der Waals surface area contributed by atoms with E-state index in [4.69, 9.17) is 4.74 Å². The van der Waals surface area contributed by atoms with Crippen molar-refractivity contribution in [1.29, 1.82) is 0 Å². The van der Waals surface area contributed by atoms with E-state index in [0.717, 1.165) is 30.5 Å². The molecule has 1 aromatic rings. The maximum Gasteiger partial charge on any atom is 0.174 e. The number of aliphatic hydroxyl groups is 1. The van der Waals surface area contributed by atoms with Gasteiger partial charge in [0.2, 0.25) is 0 Å². The maximum atomic E-state index is 12.6. The standard InChI is InChI=1S/C18H19NO4/c1-19-8-16-6-9-2-3-10(20)13-12(9)17(7-16)14(23-13)11(21)4-5-18(17,22)15(16)19/h2-3,14-15,20,22H,4-8H2,1H3/t14?,15-,16+,17+,18-/m1/s1. The number of rotatable bonds is 0. The van der Waals surface area contributed by atoms with Crippen LogP contribution in [0.4, 0.5) is 0 Å². The van der Waals surface area contributed by atoms with E-state index in [1.165, 1.54) is 0 Å². The van der Waals surface area contributed by atoms with Crippen molar-refractivity contribution in [1.82, 2.24) is 4.90 Å². The Morgan fingerprint density at radius 2 is 2.22 bits per heavy atom. The molecule has 6 rings (SSSR count). The quantitative estimate of drug-likeness (QED) is 0.739. The highest BCUT2D eigenvalue weighted by Gasteiger charge is 2.82. The summed E-state index contributed by atoms with van der Waals surface area (Å²) in [6.07, 6.45) is 1.91. The van der Waals surface area contributed by atoms with Crippen LogP contribution in [-0.2, 0) is 16.6 Å². The molecule has 3 aliphatic carbocycles. The van der Waals surface area contributed by atoms with Gasteiger partial charge >= 0.3 is 0 Å². The molecule has 5 heteroatoms. The average Bonchev–Trinajstić information content (AvgIpc) is 2.91. The van der Waals surface area contributed by atoms with Gasteiger partial charge in [-0.05, 0) is 37.9 Å². The molecule has 1 saturated heterocycles. The highest BCUT2D eigenvalue weighted by molar-refractivity contribution is 5.90. The number of likely N-dealkylation sites (N-methyl/N-ethyl adjacent to an activating group) is 1. The number of ether oxygens (including phenoxy) is 1. The number of likely N-dealkylation sites (tertiary alicyclic amines) is 1. The Morgan fingerprint density at radius 3 is 3.00 bits per heavy atom. The van der Waals surface area contributed by atoms with E-state index in [2.05, 4.69) is 11.9 Å². The van der Waals surface area contributed by atoms with Crippen molar-refractivity contribution in [2.45, 2.75) is 48.8 Å². The molecule has 2 N–H and O–H groups in total. The second kappa shape index (κ2) is 3.28. The van der Waals surface area contributed by atoms with Crippen LogP contribution < -0.4 is 4.74 Å². The summed E-state index contributed by atoms with van der Waals surface area (Å²) in [4.78, 5) is 14.9. The van der Waals surface area contributed by atoms with Crippen LogP contribution >= 0.6 is 0 Å². The van der Waals surface area contributed by atoms with Crippen LogP contribution in [0.25, 0.3) is 0 Å². The number of phenolic OH excluding ortho intramolecular Hbond substituents is 1. The Hall–Kier alpha value is -1.59. The third kappa shape index (κ3) is 1.02. The summed E-state index contributed by atoms with van der Waals surface area (Å²) >= 11 is 0. The van der Waals surface area contributed by atoms with Gasteiger partial charge in [-0.3, -0.25) is 9.69 Å². The number of hydrogen-bond donors (Lipinski definition) is 2. The van der Waals surface area contributed by atoms with E-state index < -0.39 is 17.1 Å². The van der Waals surface area contributed by atoms with E-state index in [1.807, 2.05) is 6.07 Å². The zero-order valence-electron chi connectivity index (χ0n) is 13.0. The lowest BCUT2D eigenvalue weighted by molar-refractivity contribution is -0.165. The molecule has 23 heavy (non-hydrogen) atoms. The van der Waals surface area contributed by atoms with Gasteiger partial charge in [-0.1, -0.05) is 6.07 Å². The molecular formula is C18H19NO4. The van der Waals surface area contributed by atoms with E-state index in [0.29, 0.717) is 18.6 Å². The lowest BCUT2D eigenvalue weighted by atomic mass is 9.57. The first-order valence-electron chi connectivity index (χ1n) is 8.40. The molecule has 3 fully saturated rings. The third-order valence-electron chi connectivity index (χ3n) is 7.38. The highest BCUT2D eigenvalue weighted by Crippen LogP contribution is 2.74. The van der Waals surface area contributed by atoms with Gasteiger partial charge in [0, 0.05) is 30.0 Å². The number of nitrogens with zero attached hydrogens (tertiary/aromatic N) is 1. The molecule has 1 unspecified atom stereocenters. The van der Waals surface area contributed by atoms with E-state index in [1.54, 1.807) is 6.07 Å². The minimum absolute atomic E-state index is 0.0430. The van der Waals surface area contributed by atoms with Crippen LogP contribution in [0.1, 0.15) is 30.4 Å². The normalized spacial score (nSPS) is 48.5. The molecule has 2 heterocycles. The zero-order chi connectivity index (χ0) is 15.8. The topological polar surface area (TPSA) is 70.0 Å². The molecule has 5 atom stereocenters. The highest BCUT2D eigenvalue weighted by atomic mass is 16.5. The summed E-state index contributed by atoms with van der Waals surface area (Å²) in [6, 6.07) is 3.71. The first-order valence-corrected chi connectivity index (χ1v) is 8.40. The van der Waals surface area contributed by atoms with Gasteiger partial charge in [-0.2, -0.15) is 0 Å². The minimum Gasteiger partial charge on any atom is -0.504 e. The van der Waals surface area contributed by atoms with Crippen molar-refractivity contribution < 1.29 is 19.7 Å². The molecule has 2 spiro atoms. The number of aromatic hydroxyl groups is 1. The van der Waals surface area contributed by atoms with Crippen molar-refractivity contribution in [3.63, 3.8) is 0 Å². The maximum absolute atomic E-state index is 12.6. The molecule has 2 bridgehead atoms. The van der Waals surface area contributed by atoms with Gasteiger partial charge in [0.25, 0.3) is 0 Å². The number of carbonyl (C=O) groups excluding carboxylic acids is 1. The summed E-state index contributed by atoms with van der Waals surface area (Å²) < 4.78 is 6.01. The second-order valence-electron chi connectivity index (χ2n) is 8.34. The molecule has 0 amide bonds. The fourth-order valence-corrected chi connectivity index (χ4v) is 7.09. The Morgan fingerprint density at radius 1 is 1.39 bits per heavy atom. The van der Waals surface area contributed by atoms with Crippen LogP contribution in [0.5, 0.6) is 11.5 Å². The summed E-state index contributed by atoms with van der Waals surface area (Å²) in [5, 5.41) is 22.1. The predicted molar refractivity (Wildman–Crippen MR) is 80.6 cm³/mol. The Balaban J connectivity index is 1.74. The number of benzene rings is 1. The van der Waals surface area contributed by atoms with Crippen LogP contribution in [0.2, 0.25) is 0 Å². The molecule has 0 aromatic heterocycles. The fourth-order valence-electron chi connectivity index (χ4n) is 7.09. The van der Waals surface area contributed by atoms with Crippen molar-refractivity contribution in [2.75, 3.05) is 13.6 Å². The molecular weight excluding hydrogens is 294 g/mol. The number of fused-ring (bicyclic) bond motifs is 1. The summed E-state index contributed by atoms with van der Waals surface area (Å²) in [7, 11) is 2.06. The number of ketones is 1.